The molecule has 0 aromatic carbocycles. The van der Waals surface area contributed by atoms with E-state index in [2.05, 4.69) is 15.2 Å². The molecule has 0 amide bonds. The highest BCUT2D eigenvalue weighted by molar-refractivity contribution is 7.99. The van der Waals surface area contributed by atoms with E-state index in [1.54, 1.807) is 6.92 Å². The minimum Gasteiger partial charge on any atom is -0.306 e. The van der Waals surface area contributed by atoms with Crippen LogP contribution in [0.4, 0.5) is 13.2 Å². The van der Waals surface area contributed by atoms with Crippen molar-refractivity contribution in [3.8, 4) is 0 Å². The van der Waals surface area contributed by atoms with Gasteiger partial charge in [-0.1, -0.05) is 11.6 Å². The molecule has 4 nitrogen and oxygen atoms in total. The van der Waals surface area contributed by atoms with Crippen LogP contribution in [-0.4, -0.2) is 19.7 Å². The van der Waals surface area contributed by atoms with Crippen molar-refractivity contribution >= 4 is 23.4 Å². The number of hydrogen-bond donors (Lipinski definition) is 0. The van der Waals surface area contributed by atoms with Crippen molar-refractivity contribution in [1.29, 1.82) is 0 Å². The second-order valence-corrected chi connectivity index (χ2v) is 5.25. The van der Waals surface area contributed by atoms with E-state index in [0.29, 0.717) is 11.7 Å². The summed E-state index contributed by atoms with van der Waals surface area (Å²) in [5.74, 6) is 0.720. The van der Waals surface area contributed by atoms with E-state index >= 15 is 0 Å². The smallest absolute Gasteiger partial charge is 0.306 e. The van der Waals surface area contributed by atoms with Crippen LogP contribution < -0.4 is 0 Å². The summed E-state index contributed by atoms with van der Waals surface area (Å²) in [5.41, 5.74) is -0.875. The Bertz CT molecular complexity index is 627. The number of pyridine rings is 1. The van der Waals surface area contributed by atoms with Crippen molar-refractivity contribution in [3.05, 3.63) is 28.7 Å². The average molecular weight is 323 g/mol. The first kappa shape index (κ1) is 15.1. The fourth-order valence-electron chi connectivity index (χ4n) is 1.54. The molecule has 2 heterocycles. The van der Waals surface area contributed by atoms with E-state index in [1.165, 1.54) is 0 Å². The Balaban J connectivity index is 2.30. The lowest BCUT2D eigenvalue weighted by atomic mass is 10.3. The van der Waals surface area contributed by atoms with Gasteiger partial charge in [0.15, 0.2) is 5.16 Å². The van der Waals surface area contributed by atoms with Crippen LogP contribution in [0, 0.1) is 6.92 Å². The highest BCUT2D eigenvalue weighted by atomic mass is 35.5. The fraction of sp³-hybridized carbons (Fsp3) is 0.364. The number of nitrogens with zero attached hydrogens (tertiary/aromatic N) is 4. The zero-order chi connectivity index (χ0) is 14.9. The molecule has 0 atom stereocenters. The number of aryl methyl sites for hydroxylation is 1. The van der Waals surface area contributed by atoms with E-state index in [0.717, 1.165) is 29.8 Å². The highest BCUT2D eigenvalue weighted by Gasteiger charge is 2.31. The standard InChI is InChI=1S/C11H10ClF3N4S/c1-3-19-6(2)17-18-10(19)20-9-8(12)4-7(5-16-9)11(13,14)15/h4-5H,3H2,1-2H3. The summed E-state index contributed by atoms with van der Waals surface area (Å²) in [6.07, 6.45) is -3.70. The van der Waals surface area contributed by atoms with Gasteiger partial charge in [0.05, 0.1) is 10.6 Å². The normalized spacial score (nSPS) is 11.9. The summed E-state index contributed by atoms with van der Waals surface area (Å²) < 4.78 is 39.4. The van der Waals surface area contributed by atoms with Gasteiger partial charge < -0.3 is 4.57 Å². The lowest BCUT2D eigenvalue weighted by Crippen LogP contribution is -2.06. The van der Waals surface area contributed by atoms with Gasteiger partial charge in [0.25, 0.3) is 0 Å². The minimum atomic E-state index is -4.46. The quantitative estimate of drug-likeness (QED) is 0.861. The van der Waals surface area contributed by atoms with E-state index in [9.17, 15) is 13.2 Å². The Labute approximate surface area is 122 Å². The predicted octanol–water partition coefficient (Wildman–Crippen LogP) is 3.82. The van der Waals surface area contributed by atoms with E-state index in [1.807, 2.05) is 11.5 Å². The van der Waals surface area contributed by atoms with Crippen LogP contribution in [0.2, 0.25) is 5.02 Å². The largest absolute Gasteiger partial charge is 0.417 e. The average Bonchev–Trinajstić information content (AvgIpc) is 2.71. The lowest BCUT2D eigenvalue weighted by molar-refractivity contribution is -0.137. The number of halogens is 4. The van der Waals surface area contributed by atoms with Gasteiger partial charge in [-0.2, -0.15) is 13.2 Å². The molecule has 0 aliphatic heterocycles. The number of alkyl halides is 3. The molecule has 0 saturated carbocycles. The van der Waals surface area contributed by atoms with Gasteiger partial charge >= 0.3 is 6.18 Å². The maximum Gasteiger partial charge on any atom is 0.417 e. The molecule has 0 aliphatic carbocycles. The fourth-order valence-corrected chi connectivity index (χ4v) is 2.71. The van der Waals surface area contributed by atoms with Crippen LogP contribution in [0.15, 0.2) is 22.4 Å². The molecule has 2 aromatic heterocycles. The summed E-state index contributed by atoms with van der Waals surface area (Å²) in [5, 5.41) is 8.61. The summed E-state index contributed by atoms with van der Waals surface area (Å²) in [4.78, 5) is 3.75. The van der Waals surface area contributed by atoms with Crippen molar-refractivity contribution < 1.29 is 13.2 Å². The predicted molar refractivity (Wildman–Crippen MR) is 68.8 cm³/mol. The number of rotatable bonds is 3. The third-order valence-corrected chi connectivity index (χ3v) is 3.94. The monoisotopic (exact) mass is 322 g/mol. The summed E-state index contributed by atoms with van der Waals surface area (Å²) in [6, 6.07) is 0.858. The highest BCUT2D eigenvalue weighted by Crippen LogP contribution is 2.35. The molecule has 0 N–H and O–H groups in total. The van der Waals surface area contributed by atoms with Crippen LogP contribution in [-0.2, 0) is 12.7 Å². The number of hydrogen-bond acceptors (Lipinski definition) is 4. The van der Waals surface area contributed by atoms with Crippen LogP contribution >= 0.6 is 23.4 Å². The van der Waals surface area contributed by atoms with Gasteiger partial charge in [-0.3, -0.25) is 0 Å². The van der Waals surface area contributed by atoms with Gasteiger partial charge in [0.2, 0.25) is 0 Å². The first-order chi connectivity index (χ1) is 9.32. The molecule has 0 unspecified atom stereocenters. The van der Waals surface area contributed by atoms with Crippen LogP contribution in [0.5, 0.6) is 0 Å². The van der Waals surface area contributed by atoms with Crippen molar-refractivity contribution in [1.82, 2.24) is 19.7 Å². The topological polar surface area (TPSA) is 43.6 Å². The zero-order valence-corrected chi connectivity index (χ0v) is 12.1. The molecule has 0 saturated heterocycles. The first-order valence-electron chi connectivity index (χ1n) is 5.63. The molecule has 0 aliphatic rings. The molecule has 9 heteroatoms. The van der Waals surface area contributed by atoms with Crippen LogP contribution in [0.3, 0.4) is 0 Å². The second-order valence-electron chi connectivity index (χ2n) is 3.88. The Hall–Kier alpha value is -1.28. The van der Waals surface area contributed by atoms with Crippen molar-refractivity contribution in [3.63, 3.8) is 0 Å². The Morgan fingerprint density at radius 1 is 1.35 bits per heavy atom. The molecular weight excluding hydrogens is 313 g/mol. The van der Waals surface area contributed by atoms with E-state index < -0.39 is 11.7 Å². The van der Waals surface area contributed by atoms with Gasteiger partial charge in [0, 0.05) is 12.7 Å². The summed E-state index contributed by atoms with van der Waals surface area (Å²) >= 11 is 6.93. The Morgan fingerprint density at radius 2 is 2.05 bits per heavy atom. The minimum absolute atomic E-state index is 0.0619. The molecular formula is C11H10ClF3N4S. The number of aromatic nitrogens is 4. The second kappa shape index (κ2) is 5.61. The molecule has 0 radical (unpaired) electrons. The Kier molecular flexibility index (Phi) is 4.24. The van der Waals surface area contributed by atoms with Gasteiger partial charge in [-0.05, 0) is 31.7 Å². The van der Waals surface area contributed by atoms with Gasteiger partial charge in [-0.15, -0.1) is 10.2 Å². The molecule has 2 aromatic rings. The zero-order valence-electron chi connectivity index (χ0n) is 10.6. The first-order valence-corrected chi connectivity index (χ1v) is 6.82. The SMILES string of the molecule is CCn1c(C)nnc1Sc1ncc(C(F)(F)F)cc1Cl. The maximum atomic E-state index is 12.5. The summed E-state index contributed by atoms with van der Waals surface area (Å²) in [7, 11) is 0. The molecule has 20 heavy (non-hydrogen) atoms. The molecule has 108 valence electrons. The third kappa shape index (κ3) is 3.06. The maximum absolute atomic E-state index is 12.5. The van der Waals surface area contributed by atoms with E-state index in [4.69, 9.17) is 11.6 Å². The van der Waals surface area contributed by atoms with Gasteiger partial charge in [0.1, 0.15) is 10.9 Å². The molecule has 0 spiro atoms. The van der Waals surface area contributed by atoms with Crippen molar-refractivity contribution in [2.75, 3.05) is 0 Å². The lowest BCUT2D eigenvalue weighted by Gasteiger charge is -2.09. The van der Waals surface area contributed by atoms with Crippen molar-refractivity contribution in [2.24, 2.45) is 0 Å². The molecule has 0 bridgehead atoms. The van der Waals surface area contributed by atoms with Gasteiger partial charge in [-0.25, -0.2) is 4.98 Å². The van der Waals surface area contributed by atoms with Crippen LogP contribution in [0.1, 0.15) is 18.3 Å². The van der Waals surface area contributed by atoms with Crippen molar-refractivity contribution in [2.45, 2.75) is 36.8 Å². The molecule has 0 fully saturated rings. The van der Waals surface area contributed by atoms with E-state index in [-0.39, 0.29) is 10.0 Å². The summed E-state index contributed by atoms with van der Waals surface area (Å²) in [6.45, 7) is 4.37. The van der Waals surface area contributed by atoms with Crippen LogP contribution in [0.25, 0.3) is 0 Å². The molecule has 2 rings (SSSR count). The third-order valence-electron chi connectivity index (χ3n) is 2.54. The Morgan fingerprint density at radius 3 is 2.60 bits per heavy atom.